The number of pyridine rings is 1. The molecule has 4 aromatic rings. The number of aryl methyl sites for hydroxylation is 2. The maximum Gasteiger partial charge on any atom is 0.353 e. The monoisotopic (exact) mass is 445 g/mol. The Morgan fingerprint density at radius 2 is 1.82 bits per heavy atom. The van der Waals surface area contributed by atoms with Crippen LogP contribution in [0, 0.1) is 13.8 Å². The van der Waals surface area contributed by atoms with Crippen LogP contribution in [0.4, 0.5) is 5.95 Å². The number of likely N-dealkylation sites (N-methyl/N-ethyl adjacent to an activating group) is 1. The van der Waals surface area contributed by atoms with Crippen molar-refractivity contribution in [1.29, 1.82) is 0 Å². The SMILES string of the molecule is Cc1cc(-c2c(-c3ccccc3)nc(N)n3c(=O)n(C[C@H]4COCCN4C)nc23)cc(C)n1. The summed E-state index contributed by atoms with van der Waals surface area (Å²) in [6.45, 7) is 6.36. The van der Waals surface area contributed by atoms with Crippen LogP contribution >= 0.6 is 0 Å². The van der Waals surface area contributed by atoms with E-state index >= 15 is 0 Å². The van der Waals surface area contributed by atoms with Crippen LogP contribution in [0.1, 0.15) is 11.4 Å². The number of morpholine rings is 1. The molecule has 1 aliphatic rings. The van der Waals surface area contributed by atoms with Crippen LogP contribution in [0.15, 0.2) is 47.3 Å². The van der Waals surface area contributed by atoms with Crippen LogP contribution in [0.25, 0.3) is 28.0 Å². The molecular formula is C24H27N7O2. The maximum atomic E-state index is 13.4. The van der Waals surface area contributed by atoms with Gasteiger partial charge in [0.05, 0.1) is 37.1 Å². The number of ether oxygens (including phenoxy) is 1. The predicted octanol–water partition coefficient (Wildman–Crippen LogP) is 2.15. The Morgan fingerprint density at radius 3 is 2.52 bits per heavy atom. The number of hydrogen-bond acceptors (Lipinski definition) is 7. The van der Waals surface area contributed by atoms with Crippen LogP contribution in [-0.2, 0) is 11.3 Å². The molecule has 170 valence electrons. The summed E-state index contributed by atoms with van der Waals surface area (Å²) in [6, 6.07) is 13.8. The van der Waals surface area contributed by atoms with Gasteiger partial charge < -0.3 is 10.5 Å². The van der Waals surface area contributed by atoms with E-state index in [9.17, 15) is 4.79 Å². The van der Waals surface area contributed by atoms with E-state index in [2.05, 4.69) is 14.9 Å². The Kier molecular flexibility index (Phi) is 5.43. The summed E-state index contributed by atoms with van der Waals surface area (Å²) in [5.74, 6) is 0.111. The van der Waals surface area contributed by atoms with E-state index in [1.165, 1.54) is 9.08 Å². The molecule has 1 atom stereocenters. The van der Waals surface area contributed by atoms with E-state index in [4.69, 9.17) is 15.6 Å². The van der Waals surface area contributed by atoms with Gasteiger partial charge in [-0.1, -0.05) is 30.3 Å². The van der Waals surface area contributed by atoms with Crippen molar-refractivity contribution >= 4 is 11.6 Å². The minimum Gasteiger partial charge on any atom is -0.378 e. The molecule has 0 saturated carbocycles. The van der Waals surface area contributed by atoms with Gasteiger partial charge in [-0.05, 0) is 38.6 Å². The third kappa shape index (κ3) is 3.90. The molecule has 1 fully saturated rings. The summed E-state index contributed by atoms with van der Waals surface area (Å²) >= 11 is 0. The van der Waals surface area contributed by atoms with Gasteiger partial charge in [0.2, 0.25) is 5.95 Å². The lowest BCUT2D eigenvalue weighted by molar-refractivity contribution is -0.00176. The topological polar surface area (TPSA) is 104 Å². The first-order chi connectivity index (χ1) is 15.9. The molecule has 5 rings (SSSR count). The average Bonchev–Trinajstić information content (AvgIpc) is 3.11. The van der Waals surface area contributed by atoms with Gasteiger partial charge in [0.1, 0.15) is 0 Å². The molecular weight excluding hydrogens is 418 g/mol. The van der Waals surface area contributed by atoms with Crippen molar-refractivity contribution in [1.82, 2.24) is 29.0 Å². The minimum absolute atomic E-state index is 0.0537. The smallest absolute Gasteiger partial charge is 0.353 e. The number of nitrogen functional groups attached to an aromatic ring is 1. The Bertz CT molecular complexity index is 1360. The van der Waals surface area contributed by atoms with E-state index in [-0.39, 0.29) is 17.7 Å². The zero-order chi connectivity index (χ0) is 23.1. The second-order valence-electron chi connectivity index (χ2n) is 8.53. The Labute approximate surface area is 191 Å². The van der Waals surface area contributed by atoms with E-state index in [1.807, 2.05) is 63.4 Å². The Balaban J connectivity index is 1.77. The minimum atomic E-state index is -0.308. The second kappa shape index (κ2) is 8.42. The fourth-order valence-corrected chi connectivity index (χ4v) is 4.40. The fraction of sp³-hybridized carbons (Fsp3) is 0.333. The Hall–Kier alpha value is -3.56. The highest BCUT2D eigenvalue weighted by molar-refractivity contribution is 5.90. The fourth-order valence-electron chi connectivity index (χ4n) is 4.40. The molecule has 1 saturated heterocycles. The van der Waals surface area contributed by atoms with Crippen LogP contribution in [0.5, 0.6) is 0 Å². The van der Waals surface area contributed by atoms with Crippen molar-refractivity contribution in [2.75, 3.05) is 32.5 Å². The molecule has 4 heterocycles. The molecule has 33 heavy (non-hydrogen) atoms. The van der Waals surface area contributed by atoms with Gasteiger partial charge in [-0.15, -0.1) is 5.10 Å². The molecule has 0 aliphatic carbocycles. The summed E-state index contributed by atoms with van der Waals surface area (Å²) in [6.07, 6.45) is 0. The van der Waals surface area contributed by atoms with Gasteiger partial charge in [-0.25, -0.2) is 18.9 Å². The largest absolute Gasteiger partial charge is 0.378 e. The molecule has 3 aromatic heterocycles. The Morgan fingerprint density at radius 1 is 1.09 bits per heavy atom. The van der Waals surface area contributed by atoms with Crippen molar-refractivity contribution in [2.24, 2.45) is 0 Å². The van der Waals surface area contributed by atoms with E-state index in [0.29, 0.717) is 31.1 Å². The summed E-state index contributed by atoms with van der Waals surface area (Å²) < 4.78 is 8.50. The van der Waals surface area contributed by atoms with Crippen LogP contribution in [0.2, 0.25) is 0 Å². The van der Waals surface area contributed by atoms with Crippen molar-refractivity contribution in [3.05, 3.63) is 64.3 Å². The molecule has 9 heteroatoms. The normalized spacial score (nSPS) is 17.0. The highest BCUT2D eigenvalue weighted by Crippen LogP contribution is 2.34. The van der Waals surface area contributed by atoms with Crippen molar-refractivity contribution in [2.45, 2.75) is 26.4 Å². The molecule has 0 amide bonds. The maximum absolute atomic E-state index is 13.4. The van der Waals surface area contributed by atoms with E-state index in [1.54, 1.807) is 0 Å². The van der Waals surface area contributed by atoms with E-state index in [0.717, 1.165) is 34.6 Å². The molecule has 0 radical (unpaired) electrons. The summed E-state index contributed by atoms with van der Waals surface area (Å²) in [5, 5.41) is 4.77. The predicted molar refractivity (Wildman–Crippen MR) is 127 cm³/mol. The molecule has 1 aliphatic heterocycles. The lowest BCUT2D eigenvalue weighted by Gasteiger charge is -2.31. The molecule has 2 N–H and O–H groups in total. The number of benzene rings is 1. The highest BCUT2D eigenvalue weighted by Gasteiger charge is 2.25. The molecule has 9 nitrogen and oxygen atoms in total. The summed E-state index contributed by atoms with van der Waals surface area (Å²) in [7, 11) is 2.03. The summed E-state index contributed by atoms with van der Waals surface area (Å²) in [5.41, 5.74) is 11.5. The van der Waals surface area contributed by atoms with Gasteiger partial charge in [-0.3, -0.25) is 9.88 Å². The van der Waals surface area contributed by atoms with Gasteiger partial charge in [0.15, 0.2) is 5.65 Å². The molecule has 0 bridgehead atoms. The van der Waals surface area contributed by atoms with Gasteiger partial charge >= 0.3 is 5.69 Å². The number of hydrogen-bond donors (Lipinski definition) is 1. The zero-order valence-corrected chi connectivity index (χ0v) is 19.0. The van der Waals surface area contributed by atoms with Crippen LogP contribution in [-0.4, -0.2) is 61.9 Å². The van der Waals surface area contributed by atoms with Gasteiger partial charge in [-0.2, -0.15) is 0 Å². The average molecular weight is 446 g/mol. The lowest BCUT2D eigenvalue weighted by atomic mass is 9.99. The summed E-state index contributed by atoms with van der Waals surface area (Å²) in [4.78, 5) is 24.7. The lowest BCUT2D eigenvalue weighted by Crippen LogP contribution is -2.46. The van der Waals surface area contributed by atoms with Crippen LogP contribution < -0.4 is 11.4 Å². The standard InChI is InChI=1S/C24H27N7O2/c1-15-11-18(12-16(2)26-15)20-21(17-7-5-4-6-8-17)27-23(25)31-22(20)28-30(24(31)32)13-19-14-33-10-9-29(19)3/h4-8,11-12,19H,9-10,13-14H2,1-3H3,(H2,25,27)/t19-/m0/s1. The number of anilines is 1. The first kappa shape index (κ1) is 21.3. The number of nitrogens with zero attached hydrogens (tertiary/aromatic N) is 6. The number of rotatable bonds is 4. The zero-order valence-electron chi connectivity index (χ0n) is 19.0. The number of aromatic nitrogens is 5. The first-order valence-electron chi connectivity index (χ1n) is 11.0. The molecule has 1 aromatic carbocycles. The third-order valence-corrected chi connectivity index (χ3v) is 6.08. The highest BCUT2D eigenvalue weighted by atomic mass is 16.5. The molecule has 0 unspecified atom stereocenters. The van der Waals surface area contributed by atoms with E-state index < -0.39 is 0 Å². The quantitative estimate of drug-likeness (QED) is 0.513. The van der Waals surface area contributed by atoms with Crippen molar-refractivity contribution < 1.29 is 4.74 Å². The first-order valence-corrected chi connectivity index (χ1v) is 11.0. The van der Waals surface area contributed by atoms with Gasteiger partial charge in [0, 0.05) is 23.5 Å². The third-order valence-electron chi connectivity index (χ3n) is 6.08. The van der Waals surface area contributed by atoms with Gasteiger partial charge in [0.25, 0.3) is 0 Å². The molecule has 0 spiro atoms. The van der Waals surface area contributed by atoms with Crippen LogP contribution in [0.3, 0.4) is 0 Å². The van der Waals surface area contributed by atoms with Crippen molar-refractivity contribution in [3.63, 3.8) is 0 Å². The number of nitrogens with two attached hydrogens (primary N) is 1. The number of fused-ring (bicyclic) bond motifs is 1. The van der Waals surface area contributed by atoms with Crippen molar-refractivity contribution in [3.8, 4) is 22.4 Å². The second-order valence-corrected chi connectivity index (χ2v) is 8.53.